The molecule has 0 aliphatic rings. The number of anilines is 1. The Morgan fingerprint density at radius 3 is 2.85 bits per heavy atom. The molecule has 0 bridgehead atoms. The van der Waals surface area contributed by atoms with Gasteiger partial charge in [0.15, 0.2) is 0 Å². The predicted octanol–water partition coefficient (Wildman–Crippen LogP) is 2.62. The summed E-state index contributed by atoms with van der Waals surface area (Å²) >= 11 is 3.24. The lowest BCUT2D eigenvalue weighted by atomic mass is 10.2. The van der Waals surface area contributed by atoms with Crippen LogP contribution in [0.5, 0.6) is 0 Å². The number of aromatic nitrogens is 2. The fraction of sp³-hybridized carbons (Fsp3) is 0.214. The second kappa shape index (κ2) is 6.47. The summed E-state index contributed by atoms with van der Waals surface area (Å²) in [5.41, 5.74) is 1.15. The minimum absolute atomic E-state index is 0.183. The van der Waals surface area contributed by atoms with Gasteiger partial charge in [-0.2, -0.15) is 0 Å². The number of aromatic carboxylic acids is 1. The van der Waals surface area contributed by atoms with E-state index in [0.29, 0.717) is 16.8 Å². The molecule has 0 atom stereocenters. The van der Waals surface area contributed by atoms with Gasteiger partial charge in [-0.25, -0.2) is 9.78 Å². The minimum atomic E-state index is -0.988. The Hall–Kier alpha value is -1.95. The van der Waals surface area contributed by atoms with Gasteiger partial charge in [0.05, 0.1) is 0 Å². The summed E-state index contributed by atoms with van der Waals surface area (Å²) in [6.45, 7) is 0.645. The van der Waals surface area contributed by atoms with Gasteiger partial charge in [0.1, 0.15) is 11.4 Å². The van der Waals surface area contributed by atoms with E-state index in [1.54, 1.807) is 18.5 Å². The molecular weight excluding hydrogens is 322 g/mol. The van der Waals surface area contributed by atoms with Crippen molar-refractivity contribution in [3.05, 3.63) is 52.4 Å². The summed E-state index contributed by atoms with van der Waals surface area (Å²) in [5.74, 6) is -0.532. The second-order valence-corrected chi connectivity index (χ2v) is 5.24. The molecule has 2 heterocycles. The van der Waals surface area contributed by atoms with E-state index < -0.39 is 5.97 Å². The lowest BCUT2D eigenvalue weighted by molar-refractivity contribution is 0.0697. The standard InChI is InChI=1S/C14H14BrN3O2/c1-18(7-5-11-4-2-3-6-16-11)13-12(14(19)20)8-10(15)9-17-13/h2-4,6,8-9H,5,7H2,1H3,(H,19,20). The smallest absolute Gasteiger partial charge is 0.339 e. The molecule has 20 heavy (non-hydrogen) atoms. The van der Waals surface area contributed by atoms with Crippen molar-refractivity contribution < 1.29 is 9.90 Å². The van der Waals surface area contributed by atoms with Crippen LogP contribution in [0.3, 0.4) is 0 Å². The lowest BCUT2D eigenvalue weighted by Crippen LogP contribution is -2.24. The molecule has 0 saturated heterocycles. The van der Waals surface area contributed by atoms with E-state index in [2.05, 4.69) is 25.9 Å². The number of halogens is 1. The van der Waals surface area contributed by atoms with E-state index in [1.165, 1.54) is 0 Å². The van der Waals surface area contributed by atoms with Crippen LogP contribution in [0, 0.1) is 0 Å². The molecule has 0 aliphatic heterocycles. The maximum atomic E-state index is 11.3. The Labute approximate surface area is 125 Å². The third kappa shape index (κ3) is 3.54. The molecule has 1 N–H and O–H groups in total. The summed E-state index contributed by atoms with van der Waals surface area (Å²) < 4.78 is 0.650. The highest BCUT2D eigenvalue weighted by atomic mass is 79.9. The molecule has 5 nitrogen and oxygen atoms in total. The first-order valence-electron chi connectivity index (χ1n) is 6.08. The van der Waals surface area contributed by atoms with Gasteiger partial charge in [-0.05, 0) is 34.1 Å². The van der Waals surface area contributed by atoms with Crippen molar-refractivity contribution in [2.24, 2.45) is 0 Å². The van der Waals surface area contributed by atoms with Crippen molar-refractivity contribution in [2.45, 2.75) is 6.42 Å². The average molecular weight is 336 g/mol. The van der Waals surface area contributed by atoms with Crippen LogP contribution in [0.1, 0.15) is 16.1 Å². The van der Waals surface area contributed by atoms with Crippen LogP contribution >= 0.6 is 15.9 Å². The monoisotopic (exact) mass is 335 g/mol. The Kier molecular flexibility index (Phi) is 4.68. The first-order chi connectivity index (χ1) is 9.58. The SMILES string of the molecule is CN(CCc1ccccn1)c1ncc(Br)cc1C(=O)O. The van der Waals surface area contributed by atoms with Crippen LogP contribution in [-0.4, -0.2) is 34.6 Å². The highest BCUT2D eigenvalue weighted by Gasteiger charge is 2.15. The van der Waals surface area contributed by atoms with Crippen LogP contribution in [0.15, 0.2) is 41.1 Å². The highest BCUT2D eigenvalue weighted by molar-refractivity contribution is 9.10. The predicted molar refractivity (Wildman–Crippen MR) is 80.1 cm³/mol. The van der Waals surface area contributed by atoms with E-state index in [0.717, 1.165) is 12.1 Å². The van der Waals surface area contributed by atoms with Gasteiger partial charge in [-0.3, -0.25) is 4.98 Å². The topological polar surface area (TPSA) is 66.3 Å². The Balaban J connectivity index is 2.13. The van der Waals surface area contributed by atoms with E-state index in [1.807, 2.05) is 30.1 Å². The lowest BCUT2D eigenvalue weighted by Gasteiger charge is -2.19. The number of hydrogen-bond acceptors (Lipinski definition) is 4. The summed E-state index contributed by atoms with van der Waals surface area (Å²) in [5, 5.41) is 9.22. The third-order valence-electron chi connectivity index (χ3n) is 2.85. The van der Waals surface area contributed by atoms with Crippen molar-refractivity contribution >= 4 is 27.7 Å². The highest BCUT2D eigenvalue weighted by Crippen LogP contribution is 2.21. The largest absolute Gasteiger partial charge is 0.478 e. The zero-order chi connectivity index (χ0) is 14.5. The van der Waals surface area contributed by atoms with Crippen LogP contribution in [0.4, 0.5) is 5.82 Å². The number of carboxylic acids is 1. The van der Waals surface area contributed by atoms with Crippen LogP contribution < -0.4 is 4.90 Å². The number of carboxylic acid groups (broad SMARTS) is 1. The van der Waals surface area contributed by atoms with Crippen molar-refractivity contribution in [1.82, 2.24) is 9.97 Å². The third-order valence-corrected chi connectivity index (χ3v) is 3.29. The first kappa shape index (κ1) is 14.5. The Morgan fingerprint density at radius 2 is 2.20 bits per heavy atom. The van der Waals surface area contributed by atoms with Gasteiger partial charge in [0.2, 0.25) is 0 Å². The number of rotatable bonds is 5. The number of nitrogens with zero attached hydrogens (tertiary/aromatic N) is 3. The zero-order valence-corrected chi connectivity index (χ0v) is 12.5. The number of likely N-dealkylation sites (N-methyl/N-ethyl adjacent to an activating group) is 1. The number of carbonyl (C=O) groups is 1. The fourth-order valence-corrected chi connectivity index (χ4v) is 2.16. The molecule has 0 fully saturated rings. The van der Waals surface area contributed by atoms with Gasteiger partial charge in [-0.15, -0.1) is 0 Å². The van der Waals surface area contributed by atoms with E-state index >= 15 is 0 Å². The quantitative estimate of drug-likeness (QED) is 0.909. The van der Waals surface area contributed by atoms with Gasteiger partial charge >= 0.3 is 5.97 Å². The molecule has 2 rings (SSSR count). The normalized spacial score (nSPS) is 10.3. The van der Waals surface area contributed by atoms with Crippen LogP contribution in [0.2, 0.25) is 0 Å². The van der Waals surface area contributed by atoms with Crippen molar-refractivity contribution in [1.29, 1.82) is 0 Å². The van der Waals surface area contributed by atoms with Crippen molar-refractivity contribution in [3.63, 3.8) is 0 Å². The Morgan fingerprint density at radius 1 is 1.40 bits per heavy atom. The van der Waals surface area contributed by atoms with Gasteiger partial charge in [-0.1, -0.05) is 6.07 Å². The maximum absolute atomic E-state index is 11.3. The van der Waals surface area contributed by atoms with E-state index in [9.17, 15) is 9.90 Å². The summed E-state index contributed by atoms with van der Waals surface area (Å²) in [6, 6.07) is 7.30. The molecule has 104 valence electrons. The summed E-state index contributed by atoms with van der Waals surface area (Å²) in [7, 11) is 1.83. The molecular formula is C14H14BrN3O2. The fourth-order valence-electron chi connectivity index (χ4n) is 1.83. The zero-order valence-electron chi connectivity index (χ0n) is 11.0. The van der Waals surface area contributed by atoms with Crippen molar-refractivity contribution in [2.75, 3.05) is 18.5 Å². The molecule has 0 unspecified atom stereocenters. The van der Waals surface area contributed by atoms with E-state index in [-0.39, 0.29) is 5.56 Å². The average Bonchev–Trinajstić information content (AvgIpc) is 2.45. The molecule has 6 heteroatoms. The summed E-state index contributed by atoms with van der Waals surface area (Å²) in [4.78, 5) is 21.5. The molecule has 2 aromatic rings. The Bertz CT molecular complexity index is 605. The molecule has 0 saturated carbocycles. The van der Waals surface area contributed by atoms with Gasteiger partial charge in [0, 0.05) is 42.6 Å². The van der Waals surface area contributed by atoms with Crippen LogP contribution in [0.25, 0.3) is 0 Å². The first-order valence-corrected chi connectivity index (χ1v) is 6.87. The van der Waals surface area contributed by atoms with Gasteiger partial charge < -0.3 is 10.0 Å². The molecule has 0 aromatic carbocycles. The minimum Gasteiger partial charge on any atom is -0.478 e. The number of pyridine rings is 2. The second-order valence-electron chi connectivity index (χ2n) is 4.32. The van der Waals surface area contributed by atoms with Gasteiger partial charge in [0.25, 0.3) is 0 Å². The van der Waals surface area contributed by atoms with Crippen molar-refractivity contribution in [3.8, 4) is 0 Å². The number of hydrogen-bond donors (Lipinski definition) is 1. The summed E-state index contributed by atoms with van der Waals surface area (Å²) in [6.07, 6.45) is 4.07. The molecule has 0 aliphatic carbocycles. The molecule has 0 amide bonds. The maximum Gasteiger partial charge on any atom is 0.339 e. The van der Waals surface area contributed by atoms with E-state index in [4.69, 9.17) is 0 Å². The van der Waals surface area contributed by atoms with Crippen LogP contribution in [-0.2, 0) is 6.42 Å². The molecule has 0 spiro atoms. The molecule has 2 aromatic heterocycles. The molecule has 0 radical (unpaired) electrons.